The van der Waals surface area contributed by atoms with Crippen LogP contribution in [0.15, 0.2) is 24.3 Å². The summed E-state index contributed by atoms with van der Waals surface area (Å²) in [5.74, 6) is 0.228. The summed E-state index contributed by atoms with van der Waals surface area (Å²) in [5, 5.41) is 8.97. The minimum Gasteiger partial charge on any atom is -0.396 e. The largest absolute Gasteiger partial charge is 0.396 e. The summed E-state index contributed by atoms with van der Waals surface area (Å²) in [4.78, 5) is 16.2. The third-order valence-corrected chi connectivity index (χ3v) is 4.02. The molecule has 1 aliphatic rings. The van der Waals surface area contributed by atoms with Crippen LogP contribution in [0.2, 0.25) is 0 Å². The Kier molecular flexibility index (Phi) is 5.70. The molecule has 0 spiro atoms. The Morgan fingerprint density at radius 1 is 1.43 bits per heavy atom. The number of anilines is 1. The van der Waals surface area contributed by atoms with Gasteiger partial charge in [-0.2, -0.15) is 0 Å². The zero-order valence-electron chi connectivity index (χ0n) is 12.5. The number of hydrogen-bond acceptors (Lipinski definition) is 3. The smallest absolute Gasteiger partial charge is 0.241 e. The van der Waals surface area contributed by atoms with Crippen molar-refractivity contribution in [2.24, 2.45) is 5.92 Å². The van der Waals surface area contributed by atoms with Crippen LogP contribution in [-0.4, -0.2) is 48.7 Å². The summed E-state index contributed by atoms with van der Waals surface area (Å²) < 4.78 is 13.0. The Hall–Kier alpha value is -1.46. The molecule has 1 amide bonds. The molecule has 5 heteroatoms. The number of aliphatic hydroxyl groups excluding tert-OH is 1. The molecule has 2 rings (SSSR count). The second kappa shape index (κ2) is 7.52. The first-order valence-electron chi connectivity index (χ1n) is 7.53. The van der Waals surface area contributed by atoms with Crippen molar-refractivity contribution in [2.45, 2.75) is 19.8 Å². The summed E-state index contributed by atoms with van der Waals surface area (Å²) in [5.41, 5.74) is 0.731. The molecule has 1 aromatic rings. The fraction of sp³-hybridized carbons (Fsp3) is 0.562. The SMILES string of the molecule is CCN(C(=O)CN1CCC(CCO)C1)c1ccc(F)cc1. The average molecular weight is 294 g/mol. The number of halogens is 1. The maximum atomic E-state index is 13.0. The number of carbonyl (C=O) groups is 1. The van der Waals surface area contributed by atoms with Gasteiger partial charge >= 0.3 is 0 Å². The quantitative estimate of drug-likeness (QED) is 0.871. The van der Waals surface area contributed by atoms with Crippen LogP contribution >= 0.6 is 0 Å². The fourth-order valence-electron chi connectivity index (χ4n) is 2.88. The number of aliphatic hydroxyl groups is 1. The molecular weight excluding hydrogens is 271 g/mol. The van der Waals surface area contributed by atoms with E-state index >= 15 is 0 Å². The molecule has 1 unspecified atom stereocenters. The molecule has 1 fully saturated rings. The van der Waals surface area contributed by atoms with Crippen LogP contribution in [0.25, 0.3) is 0 Å². The minimum absolute atomic E-state index is 0.0359. The van der Waals surface area contributed by atoms with Crippen LogP contribution in [0.3, 0.4) is 0 Å². The number of rotatable bonds is 6. The lowest BCUT2D eigenvalue weighted by atomic mass is 10.1. The Morgan fingerprint density at radius 3 is 2.76 bits per heavy atom. The van der Waals surface area contributed by atoms with Crippen molar-refractivity contribution in [3.63, 3.8) is 0 Å². The van der Waals surface area contributed by atoms with Gasteiger partial charge in [0.25, 0.3) is 0 Å². The second-order valence-corrected chi connectivity index (χ2v) is 5.52. The van der Waals surface area contributed by atoms with Gasteiger partial charge in [0.15, 0.2) is 0 Å². The Balaban J connectivity index is 1.93. The first-order chi connectivity index (χ1) is 10.1. The molecule has 0 bridgehead atoms. The third kappa shape index (κ3) is 4.25. The first kappa shape index (κ1) is 15.9. The summed E-state index contributed by atoms with van der Waals surface area (Å²) in [6, 6.07) is 6.02. The number of nitrogens with zero attached hydrogens (tertiary/aromatic N) is 2. The molecule has 1 saturated heterocycles. The number of carbonyl (C=O) groups excluding carboxylic acids is 1. The van der Waals surface area contributed by atoms with Crippen LogP contribution in [0.5, 0.6) is 0 Å². The minimum atomic E-state index is -0.298. The third-order valence-electron chi connectivity index (χ3n) is 4.02. The zero-order chi connectivity index (χ0) is 15.2. The molecule has 0 radical (unpaired) electrons. The standard InChI is InChI=1S/C16H23FN2O2/c1-2-19(15-5-3-14(17)4-6-15)16(21)12-18-9-7-13(11-18)8-10-20/h3-6,13,20H,2,7-12H2,1H3. The van der Waals surface area contributed by atoms with Crippen molar-refractivity contribution < 1.29 is 14.3 Å². The van der Waals surface area contributed by atoms with Crippen LogP contribution in [0, 0.1) is 11.7 Å². The molecule has 1 heterocycles. The molecule has 116 valence electrons. The number of likely N-dealkylation sites (N-methyl/N-ethyl adjacent to an activating group) is 1. The van der Waals surface area contributed by atoms with Crippen molar-refractivity contribution in [1.82, 2.24) is 4.90 Å². The van der Waals surface area contributed by atoms with Crippen molar-refractivity contribution in [3.8, 4) is 0 Å². The van der Waals surface area contributed by atoms with Crippen LogP contribution in [0.1, 0.15) is 19.8 Å². The van der Waals surface area contributed by atoms with Gasteiger partial charge in [-0.3, -0.25) is 9.69 Å². The lowest BCUT2D eigenvalue weighted by molar-refractivity contribution is -0.119. The molecule has 1 aliphatic heterocycles. The van der Waals surface area contributed by atoms with E-state index < -0.39 is 0 Å². The van der Waals surface area contributed by atoms with E-state index in [4.69, 9.17) is 5.11 Å². The number of likely N-dealkylation sites (tertiary alicyclic amines) is 1. The normalized spacial score (nSPS) is 18.9. The van der Waals surface area contributed by atoms with Gasteiger partial charge < -0.3 is 10.0 Å². The average Bonchev–Trinajstić information content (AvgIpc) is 2.89. The highest BCUT2D eigenvalue weighted by Gasteiger charge is 2.25. The van der Waals surface area contributed by atoms with E-state index in [2.05, 4.69) is 4.90 Å². The lowest BCUT2D eigenvalue weighted by Crippen LogP contribution is -2.39. The van der Waals surface area contributed by atoms with Gasteiger partial charge in [0.2, 0.25) is 5.91 Å². The summed E-state index contributed by atoms with van der Waals surface area (Å²) in [7, 11) is 0. The number of hydrogen-bond donors (Lipinski definition) is 1. The molecule has 0 aliphatic carbocycles. The number of amides is 1. The van der Waals surface area contributed by atoms with E-state index in [0.717, 1.165) is 31.6 Å². The van der Waals surface area contributed by atoms with Gasteiger partial charge in [-0.1, -0.05) is 0 Å². The van der Waals surface area contributed by atoms with Crippen molar-refractivity contribution in [2.75, 3.05) is 37.7 Å². The van der Waals surface area contributed by atoms with Crippen LogP contribution in [0.4, 0.5) is 10.1 Å². The highest BCUT2D eigenvalue weighted by molar-refractivity contribution is 5.94. The molecule has 1 aromatic carbocycles. The number of benzene rings is 1. The maximum Gasteiger partial charge on any atom is 0.241 e. The maximum absolute atomic E-state index is 13.0. The van der Waals surface area contributed by atoms with Crippen LogP contribution in [-0.2, 0) is 4.79 Å². The molecule has 1 atom stereocenters. The highest BCUT2D eigenvalue weighted by Crippen LogP contribution is 2.20. The molecule has 0 saturated carbocycles. The summed E-state index contributed by atoms with van der Waals surface area (Å²) in [6.07, 6.45) is 1.84. The summed E-state index contributed by atoms with van der Waals surface area (Å²) >= 11 is 0. The van der Waals surface area contributed by atoms with Gasteiger partial charge in [-0.25, -0.2) is 4.39 Å². The molecule has 1 N–H and O–H groups in total. The van der Waals surface area contributed by atoms with Gasteiger partial charge in [0, 0.05) is 25.4 Å². The van der Waals surface area contributed by atoms with E-state index in [0.29, 0.717) is 19.0 Å². The predicted octanol–water partition coefficient (Wildman–Crippen LogP) is 1.88. The zero-order valence-corrected chi connectivity index (χ0v) is 12.5. The van der Waals surface area contributed by atoms with Gasteiger partial charge in [0.1, 0.15) is 5.82 Å². The van der Waals surface area contributed by atoms with E-state index in [1.807, 2.05) is 6.92 Å². The van der Waals surface area contributed by atoms with Gasteiger partial charge in [-0.15, -0.1) is 0 Å². The molecular formula is C16H23FN2O2. The molecule has 21 heavy (non-hydrogen) atoms. The van der Waals surface area contributed by atoms with E-state index in [-0.39, 0.29) is 18.3 Å². The van der Waals surface area contributed by atoms with E-state index in [1.54, 1.807) is 17.0 Å². The molecule has 4 nitrogen and oxygen atoms in total. The monoisotopic (exact) mass is 294 g/mol. The van der Waals surface area contributed by atoms with E-state index in [1.165, 1.54) is 12.1 Å². The van der Waals surface area contributed by atoms with Gasteiger partial charge in [-0.05, 0) is 56.5 Å². The van der Waals surface area contributed by atoms with Gasteiger partial charge in [0.05, 0.1) is 6.54 Å². The lowest BCUT2D eigenvalue weighted by Gasteiger charge is -2.24. The molecule has 0 aromatic heterocycles. The first-order valence-corrected chi connectivity index (χ1v) is 7.53. The topological polar surface area (TPSA) is 43.8 Å². The van der Waals surface area contributed by atoms with Crippen molar-refractivity contribution >= 4 is 11.6 Å². The fourth-order valence-corrected chi connectivity index (χ4v) is 2.88. The van der Waals surface area contributed by atoms with Crippen LogP contribution < -0.4 is 4.90 Å². The van der Waals surface area contributed by atoms with Crippen molar-refractivity contribution in [3.05, 3.63) is 30.1 Å². The van der Waals surface area contributed by atoms with Crippen molar-refractivity contribution in [1.29, 1.82) is 0 Å². The Morgan fingerprint density at radius 2 is 2.14 bits per heavy atom. The second-order valence-electron chi connectivity index (χ2n) is 5.52. The highest BCUT2D eigenvalue weighted by atomic mass is 19.1. The Bertz CT molecular complexity index is 464. The summed E-state index contributed by atoms with van der Waals surface area (Å²) in [6.45, 7) is 4.85. The Labute approximate surface area is 125 Å². The van der Waals surface area contributed by atoms with E-state index in [9.17, 15) is 9.18 Å². The predicted molar refractivity (Wildman–Crippen MR) is 80.7 cm³/mol.